The van der Waals surface area contributed by atoms with Crippen LogP contribution in [0.2, 0.25) is 10.0 Å². The highest BCUT2D eigenvalue weighted by atomic mass is 35.5. The number of rotatable bonds is 9. The third-order valence-corrected chi connectivity index (χ3v) is 7.51. The van der Waals surface area contributed by atoms with Crippen LogP contribution in [0.3, 0.4) is 0 Å². The van der Waals surface area contributed by atoms with Crippen molar-refractivity contribution in [2.75, 3.05) is 32.8 Å². The molecule has 8 nitrogen and oxygen atoms in total. The summed E-state index contributed by atoms with van der Waals surface area (Å²) in [5.41, 5.74) is -0.637. The molecule has 37 heavy (non-hydrogen) atoms. The molecular weight excluding hydrogens is 517 g/mol. The van der Waals surface area contributed by atoms with Crippen molar-refractivity contribution < 1.29 is 24.2 Å². The topological polar surface area (TPSA) is 91.3 Å². The van der Waals surface area contributed by atoms with Gasteiger partial charge in [-0.2, -0.15) is 0 Å². The van der Waals surface area contributed by atoms with E-state index in [1.807, 2.05) is 24.3 Å². The molecule has 0 radical (unpaired) electrons. The molecule has 10 heteroatoms. The van der Waals surface area contributed by atoms with Crippen LogP contribution >= 0.6 is 23.2 Å². The molecule has 2 aliphatic rings. The van der Waals surface area contributed by atoms with E-state index in [1.165, 1.54) is 4.90 Å². The molecule has 0 aromatic heterocycles. The molecule has 1 unspecified atom stereocenters. The van der Waals surface area contributed by atoms with Crippen LogP contribution < -0.4 is 14.8 Å². The Hall–Kier alpha value is -2.52. The number of likely N-dealkylation sites (tertiary alicyclic amines) is 1. The van der Waals surface area contributed by atoms with Crippen molar-refractivity contribution in [3.05, 3.63) is 58.1 Å². The van der Waals surface area contributed by atoms with Gasteiger partial charge in [-0.3, -0.25) is 14.6 Å². The number of carbonyl (C=O) groups excluding carboxylic acids is 2. The lowest BCUT2D eigenvalue weighted by atomic mass is 9.96. The van der Waals surface area contributed by atoms with Crippen LogP contribution in [0.15, 0.2) is 42.5 Å². The van der Waals surface area contributed by atoms with Gasteiger partial charge in [0.15, 0.2) is 0 Å². The van der Waals surface area contributed by atoms with E-state index in [0.29, 0.717) is 34.4 Å². The van der Waals surface area contributed by atoms with E-state index in [-0.39, 0.29) is 31.7 Å². The number of nitrogens with one attached hydrogen (secondary N) is 1. The van der Waals surface area contributed by atoms with Crippen molar-refractivity contribution in [2.45, 2.75) is 50.8 Å². The molecule has 0 bridgehead atoms. The first-order valence-electron chi connectivity index (χ1n) is 12.4. The number of hydrogen-bond donors (Lipinski definition) is 2. The second-order valence-electron chi connectivity index (χ2n) is 10.2. The van der Waals surface area contributed by atoms with Crippen molar-refractivity contribution in [3.8, 4) is 11.5 Å². The van der Waals surface area contributed by atoms with E-state index in [0.717, 1.165) is 31.6 Å². The second-order valence-corrected chi connectivity index (χ2v) is 11.0. The van der Waals surface area contributed by atoms with Gasteiger partial charge in [-0.15, -0.1) is 0 Å². The molecule has 2 aliphatic heterocycles. The van der Waals surface area contributed by atoms with E-state index in [2.05, 4.69) is 10.2 Å². The first kappa shape index (κ1) is 27.5. The molecular formula is C27H33Cl2N3O5. The van der Waals surface area contributed by atoms with Gasteiger partial charge in [0, 0.05) is 19.2 Å². The normalized spacial score (nSPS) is 22.0. The summed E-state index contributed by atoms with van der Waals surface area (Å²) in [7, 11) is 0. The van der Waals surface area contributed by atoms with Gasteiger partial charge in [0.05, 0.1) is 22.2 Å². The molecule has 2 N–H and O–H groups in total. The average molecular weight is 550 g/mol. The van der Waals surface area contributed by atoms with Gasteiger partial charge in [0.25, 0.3) is 5.91 Å². The van der Waals surface area contributed by atoms with Gasteiger partial charge in [0.2, 0.25) is 0 Å². The highest BCUT2D eigenvalue weighted by molar-refractivity contribution is 6.42. The fourth-order valence-electron chi connectivity index (χ4n) is 4.55. The van der Waals surface area contributed by atoms with Crippen molar-refractivity contribution in [1.82, 2.24) is 15.1 Å². The summed E-state index contributed by atoms with van der Waals surface area (Å²) in [6.45, 7) is 6.39. The largest absolute Gasteiger partial charge is 0.492 e. The number of amides is 3. The average Bonchev–Trinajstić information content (AvgIpc) is 2.97. The number of benzene rings is 2. The molecule has 2 aromatic carbocycles. The lowest BCUT2D eigenvalue weighted by Crippen LogP contribution is -2.40. The zero-order valence-corrected chi connectivity index (χ0v) is 22.6. The lowest BCUT2D eigenvalue weighted by molar-refractivity contribution is -0.130. The van der Waals surface area contributed by atoms with Gasteiger partial charge in [-0.1, -0.05) is 35.3 Å². The summed E-state index contributed by atoms with van der Waals surface area (Å²) in [6, 6.07) is 12.5. The molecule has 2 heterocycles. The number of imide groups is 1. The monoisotopic (exact) mass is 549 g/mol. The maximum absolute atomic E-state index is 12.3. The maximum Gasteiger partial charge on any atom is 0.325 e. The van der Waals surface area contributed by atoms with Gasteiger partial charge in [-0.25, -0.2) is 4.79 Å². The van der Waals surface area contributed by atoms with Crippen LogP contribution in [0.1, 0.15) is 38.7 Å². The van der Waals surface area contributed by atoms with Gasteiger partial charge < -0.3 is 19.9 Å². The van der Waals surface area contributed by atoms with Crippen molar-refractivity contribution in [3.63, 3.8) is 0 Å². The zero-order chi connectivity index (χ0) is 26.6. The summed E-state index contributed by atoms with van der Waals surface area (Å²) >= 11 is 12.0. The molecule has 3 amide bonds. The van der Waals surface area contributed by atoms with Crippen LogP contribution in [0, 0.1) is 0 Å². The molecule has 2 fully saturated rings. The Morgan fingerprint density at radius 2 is 1.70 bits per heavy atom. The van der Waals surface area contributed by atoms with Crippen LogP contribution in [-0.2, 0) is 11.3 Å². The predicted octanol–water partition coefficient (Wildman–Crippen LogP) is 4.50. The van der Waals surface area contributed by atoms with Crippen LogP contribution in [0.4, 0.5) is 4.79 Å². The summed E-state index contributed by atoms with van der Waals surface area (Å²) < 4.78 is 11.6. The Kier molecular flexibility index (Phi) is 8.53. The Morgan fingerprint density at radius 3 is 2.38 bits per heavy atom. The van der Waals surface area contributed by atoms with Crippen molar-refractivity contribution >= 4 is 35.1 Å². The quantitative estimate of drug-likeness (QED) is 0.447. The number of hydrogen-bond acceptors (Lipinski definition) is 6. The highest BCUT2D eigenvalue weighted by Gasteiger charge is 2.43. The van der Waals surface area contributed by atoms with Crippen LogP contribution in [0.5, 0.6) is 11.5 Å². The third kappa shape index (κ3) is 7.08. The summed E-state index contributed by atoms with van der Waals surface area (Å²) in [6.07, 6.45) is 2.13. The SMILES string of the molecule is CC1(C)NC(=O)N(CCOc2ccc(CN3CCCC(O)(COc4ccc(Cl)c(Cl)c4)CC3)cc2)C1=O. The minimum atomic E-state index is -0.901. The smallest absolute Gasteiger partial charge is 0.325 e. The fourth-order valence-corrected chi connectivity index (χ4v) is 4.83. The van der Waals surface area contributed by atoms with Crippen LogP contribution in [-0.4, -0.2) is 70.8 Å². The first-order valence-corrected chi connectivity index (χ1v) is 13.2. The molecule has 0 saturated carbocycles. The maximum atomic E-state index is 12.3. The number of urea groups is 1. The molecule has 2 saturated heterocycles. The summed E-state index contributed by atoms with van der Waals surface area (Å²) in [5, 5.41) is 14.7. The Balaban J connectivity index is 1.22. The second kappa shape index (κ2) is 11.5. The minimum absolute atomic E-state index is 0.196. The van der Waals surface area contributed by atoms with E-state index in [4.69, 9.17) is 32.7 Å². The van der Waals surface area contributed by atoms with Crippen molar-refractivity contribution in [1.29, 1.82) is 0 Å². The fraction of sp³-hybridized carbons (Fsp3) is 0.481. The molecule has 1 atom stereocenters. The number of aliphatic hydroxyl groups is 1. The number of carbonyl (C=O) groups is 2. The van der Waals surface area contributed by atoms with Gasteiger partial charge in [-0.05, 0) is 69.5 Å². The minimum Gasteiger partial charge on any atom is -0.492 e. The van der Waals surface area contributed by atoms with E-state index in [1.54, 1.807) is 32.0 Å². The summed E-state index contributed by atoms with van der Waals surface area (Å²) in [4.78, 5) is 27.7. The highest BCUT2D eigenvalue weighted by Crippen LogP contribution is 2.29. The molecule has 0 aliphatic carbocycles. The molecule has 2 aromatic rings. The van der Waals surface area contributed by atoms with Gasteiger partial charge >= 0.3 is 6.03 Å². The molecule has 4 rings (SSSR count). The molecule has 0 spiro atoms. The number of halogens is 2. The predicted molar refractivity (Wildman–Crippen MR) is 142 cm³/mol. The third-order valence-electron chi connectivity index (χ3n) is 6.77. The lowest BCUT2D eigenvalue weighted by Gasteiger charge is -2.27. The molecule has 200 valence electrons. The Morgan fingerprint density at radius 1 is 0.973 bits per heavy atom. The van der Waals surface area contributed by atoms with Gasteiger partial charge in [0.1, 0.15) is 30.3 Å². The summed E-state index contributed by atoms with van der Waals surface area (Å²) in [5.74, 6) is 1.02. The standard InChI is InChI=1S/C27H33Cl2N3O5/c1-26(2)24(33)32(25(34)30-26)14-15-36-20-6-4-19(5-7-20)17-31-12-3-10-27(35,11-13-31)18-37-21-8-9-22(28)23(29)16-21/h4-9,16,35H,3,10-15,17-18H2,1-2H3,(H,30,34). The first-order chi connectivity index (χ1) is 17.5. The van der Waals surface area contributed by atoms with E-state index < -0.39 is 11.1 Å². The number of nitrogens with zero attached hydrogens (tertiary/aromatic N) is 2. The van der Waals surface area contributed by atoms with Crippen LogP contribution in [0.25, 0.3) is 0 Å². The Labute approximate surface area is 227 Å². The number of ether oxygens (including phenoxy) is 2. The van der Waals surface area contributed by atoms with Crippen molar-refractivity contribution in [2.24, 2.45) is 0 Å². The zero-order valence-electron chi connectivity index (χ0n) is 21.1. The van der Waals surface area contributed by atoms with E-state index >= 15 is 0 Å². The Bertz CT molecular complexity index is 1130. The van der Waals surface area contributed by atoms with E-state index in [9.17, 15) is 14.7 Å².